The molecule has 0 aliphatic carbocycles. The lowest BCUT2D eigenvalue weighted by atomic mass is 9.86. The summed E-state index contributed by atoms with van der Waals surface area (Å²) >= 11 is 0. The molecule has 0 bridgehead atoms. The van der Waals surface area contributed by atoms with E-state index in [0.717, 1.165) is 0 Å². The first-order valence-corrected chi connectivity index (χ1v) is 5.22. The van der Waals surface area contributed by atoms with E-state index in [2.05, 4.69) is 5.32 Å². The summed E-state index contributed by atoms with van der Waals surface area (Å²) in [4.78, 5) is 23.9. The molecule has 0 saturated carbocycles. The number of likely N-dealkylation sites (N-methyl/N-ethyl adjacent to an activating group) is 1. The minimum absolute atomic E-state index is 0.00512. The van der Waals surface area contributed by atoms with Crippen molar-refractivity contribution in [1.29, 1.82) is 0 Å². The summed E-state index contributed by atoms with van der Waals surface area (Å²) in [6.45, 7) is 8.12. The summed E-state index contributed by atoms with van der Waals surface area (Å²) in [5.41, 5.74) is -1.78. The third-order valence-electron chi connectivity index (χ3n) is 2.90. The smallest absolute Gasteiger partial charge is 0.240 e. The van der Waals surface area contributed by atoms with Crippen molar-refractivity contribution in [1.82, 2.24) is 10.2 Å². The van der Waals surface area contributed by atoms with E-state index in [0.29, 0.717) is 0 Å². The van der Waals surface area contributed by atoms with Gasteiger partial charge in [0.2, 0.25) is 11.8 Å². The lowest BCUT2D eigenvalue weighted by molar-refractivity contribution is -0.135. The van der Waals surface area contributed by atoms with Crippen molar-refractivity contribution >= 4 is 11.8 Å². The van der Waals surface area contributed by atoms with E-state index < -0.39 is 11.1 Å². The maximum absolute atomic E-state index is 11.6. The number of nitrogens with one attached hydrogen (secondary N) is 1. The Bertz CT molecular complexity index is 279. The van der Waals surface area contributed by atoms with Gasteiger partial charge in [-0.25, -0.2) is 0 Å². The number of carbonyl (C=O) groups excluding carboxylic acids is 2. The van der Waals surface area contributed by atoms with E-state index in [1.165, 1.54) is 11.8 Å². The van der Waals surface area contributed by atoms with Crippen LogP contribution in [0, 0.1) is 0 Å². The fourth-order valence-corrected chi connectivity index (χ4v) is 0.868. The third-order valence-corrected chi connectivity index (χ3v) is 2.90. The molecule has 0 aromatic carbocycles. The number of hydrogen-bond donors (Lipinski definition) is 2. The second kappa shape index (κ2) is 4.82. The van der Waals surface area contributed by atoms with Gasteiger partial charge >= 0.3 is 0 Å². The van der Waals surface area contributed by atoms with Crippen LogP contribution in [0.4, 0.5) is 0 Å². The van der Waals surface area contributed by atoms with E-state index in [1.54, 1.807) is 34.7 Å². The summed E-state index contributed by atoms with van der Waals surface area (Å²) in [6, 6.07) is 0. The van der Waals surface area contributed by atoms with Crippen molar-refractivity contribution in [2.24, 2.45) is 0 Å². The van der Waals surface area contributed by atoms with Gasteiger partial charge in [0.15, 0.2) is 0 Å². The summed E-state index contributed by atoms with van der Waals surface area (Å²) in [7, 11) is 1.55. The average molecular weight is 230 g/mol. The van der Waals surface area contributed by atoms with E-state index in [9.17, 15) is 14.7 Å². The SMILES string of the molecule is CC(=O)N(C)CC(=O)NC(C)(C)C(C)(C)O. The zero-order chi connectivity index (χ0) is 13.1. The molecule has 0 aliphatic rings. The maximum Gasteiger partial charge on any atom is 0.240 e. The number of aliphatic hydroxyl groups is 1. The lowest BCUT2D eigenvalue weighted by Gasteiger charge is -2.38. The van der Waals surface area contributed by atoms with E-state index >= 15 is 0 Å². The van der Waals surface area contributed by atoms with Gasteiger partial charge in [0.25, 0.3) is 0 Å². The average Bonchev–Trinajstić information content (AvgIpc) is 1.99. The summed E-state index contributed by atoms with van der Waals surface area (Å²) < 4.78 is 0. The Morgan fingerprint density at radius 3 is 2.00 bits per heavy atom. The Kier molecular flexibility index (Phi) is 4.49. The second-order valence-corrected chi connectivity index (χ2v) is 5.11. The van der Waals surface area contributed by atoms with Crippen LogP contribution in [0.1, 0.15) is 34.6 Å². The number of amides is 2. The van der Waals surface area contributed by atoms with Crippen LogP contribution < -0.4 is 5.32 Å². The Hall–Kier alpha value is -1.10. The van der Waals surface area contributed by atoms with Gasteiger partial charge in [0.05, 0.1) is 17.7 Å². The van der Waals surface area contributed by atoms with Gasteiger partial charge in [-0.15, -0.1) is 0 Å². The molecule has 0 radical (unpaired) electrons. The van der Waals surface area contributed by atoms with Crippen LogP contribution in [-0.4, -0.2) is 46.6 Å². The van der Waals surface area contributed by atoms with Gasteiger partial charge in [-0.05, 0) is 27.7 Å². The molecule has 0 rings (SSSR count). The molecular weight excluding hydrogens is 208 g/mol. The van der Waals surface area contributed by atoms with Gasteiger partial charge in [0.1, 0.15) is 0 Å². The van der Waals surface area contributed by atoms with Gasteiger partial charge in [-0.1, -0.05) is 0 Å². The molecule has 0 fully saturated rings. The number of nitrogens with zero attached hydrogens (tertiary/aromatic N) is 1. The maximum atomic E-state index is 11.6. The molecule has 16 heavy (non-hydrogen) atoms. The van der Waals surface area contributed by atoms with E-state index in [1.807, 2.05) is 0 Å². The van der Waals surface area contributed by atoms with Crippen molar-refractivity contribution in [2.45, 2.75) is 45.8 Å². The normalized spacial score (nSPS) is 12.2. The molecule has 5 nitrogen and oxygen atoms in total. The molecule has 5 heteroatoms. The summed E-state index contributed by atoms with van der Waals surface area (Å²) in [5, 5.41) is 12.5. The highest BCUT2D eigenvalue weighted by molar-refractivity contribution is 5.84. The van der Waals surface area contributed by atoms with Gasteiger partial charge in [-0.3, -0.25) is 9.59 Å². The first kappa shape index (κ1) is 14.9. The van der Waals surface area contributed by atoms with Crippen molar-refractivity contribution in [3.8, 4) is 0 Å². The molecule has 0 aromatic heterocycles. The highest BCUT2D eigenvalue weighted by atomic mass is 16.3. The molecule has 2 amide bonds. The van der Waals surface area contributed by atoms with Crippen LogP contribution in [0.15, 0.2) is 0 Å². The molecule has 0 aromatic rings. The summed E-state index contributed by atoms with van der Waals surface area (Å²) in [6.07, 6.45) is 0. The largest absolute Gasteiger partial charge is 0.388 e. The molecule has 94 valence electrons. The monoisotopic (exact) mass is 230 g/mol. The van der Waals surface area contributed by atoms with Gasteiger partial charge in [-0.2, -0.15) is 0 Å². The van der Waals surface area contributed by atoms with Gasteiger partial charge < -0.3 is 15.3 Å². The zero-order valence-electron chi connectivity index (χ0n) is 10.9. The Balaban J connectivity index is 4.42. The van der Waals surface area contributed by atoms with Crippen LogP contribution in [0.5, 0.6) is 0 Å². The van der Waals surface area contributed by atoms with Crippen LogP contribution in [0.2, 0.25) is 0 Å². The Morgan fingerprint density at radius 1 is 1.25 bits per heavy atom. The third kappa shape index (κ3) is 4.18. The minimum atomic E-state index is -1.03. The van der Waals surface area contributed by atoms with Crippen molar-refractivity contribution < 1.29 is 14.7 Å². The van der Waals surface area contributed by atoms with Crippen LogP contribution in [0.3, 0.4) is 0 Å². The minimum Gasteiger partial charge on any atom is -0.388 e. The highest BCUT2D eigenvalue weighted by Gasteiger charge is 2.36. The standard InChI is InChI=1S/C11H22N2O3/c1-8(14)13(6)7-9(15)12-10(2,3)11(4,5)16/h16H,7H2,1-6H3,(H,12,15). The van der Waals surface area contributed by atoms with E-state index in [-0.39, 0.29) is 18.4 Å². The molecule has 0 unspecified atom stereocenters. The fraction of sp³-hybridized carbons (Fsp3) is 0.818. The first-order chi connectivity index (χ1) is 6.97. The predicted octanol–water partition coefficient (Wildman–Crippen LogP) is 0.130. The first-order valence-electron chi connectivity index (χ1n) is 5.22. The Morgan fingerprint density at radius 2 is 1.69 bits per heavy atom. The fourth-order valence-electron chi connectivity index (χ4n) is 0.868. The molecule has 0 aliphatic heterocycles. The summed E-state index contributed by atoms with van der Waals surface area (Å²) in [5.74, 6) is -0.457. The van der Waals surface area contributed by atoms with Crippen LogP contribution in [-0.2, 0) is 9.59 Å². The quantitative estimate of drug-likeness (QED) is 0.721. The zero-order valence-corrected chi connectivity index (χ0v) is 10.9. The van der Waals surface area contributed by atoms with Crippen molar-refractivity contribution in [3.63, 3.8) is 0 Å². The number of rotatable bonds is 4. The molecule has 0 saturated heterocycles. The number of carbonyl (C=O) groups is 2. The molecular formula is C11H22N2O3. The predicted molar refractivity (Wildman–Crippen MR) is 61.8 cm³/mol. The topological polar surface area (TPSA) is 69.6 Å². The molecule has 0 spiro atoms. The highest BCUT2D eigenvalue weighted by Crippen LogP contribution is 2.20. The molecule has 2 N–H and O–H groups in total. The lowest BCUT2D eigenvalue weighted by Crippen LogP contribution is -2.59. The van der Waals surface area contributed by atoms with Gasteiger partial charge in [0, 0.05) is 14.0 Å². The van der Waals surface area contributed by atoms with Crippen LogP contribution >= 0.6 is 0 Å². The van der Waals surface area contributed by atoms with Crippen molar-refractivity contribution in [3.05, 3.63) is 0 Å². The molecule has 0 atom stereocenters. The van der Waals surface area contributed by atoms with Crippen LogP contribution in [0.25, 0.3) is 0 Å². The number of hydrogen-bond acceptors (Lipinski definition) is 3. The second-order valence-electron chi connectivity index (χ2n) is 5.11. The Labute approximate surface area is 96.8 Å². The molecule has 0 heterocycles. The van der Waals surface area contributed by atoms with E-state index in [4.69, 9.17) is 0 Å². The van der Waals surface area contributed by atoms with Crippen molar-refractivity contribution in [2.75, 3.05) is 13.6 Å².